The van der Waals surface area contributed by atoms with Crippen LogP contribution in [0.15, 0.2) is 42.6 Å². The Bertz CT molecular complexity index is 661. The van der Waals surface area contributed by atoms with Crippen LogP contribution in [0.4, 0.5) is 10.6 Å². The van der Waals surface area contributed by atoms with Crippen molar-refractivity contribution in [3.8, 4) is 0 Å². The van der Waals surface area contributed by atoms with Crippen LogP contribution in [-0.2, 0) is 13.6 Å². The maximum atomic E-state index is 11.9. The van der Waals surface area contributed by atoms with E-state index < -0.39 is 0 Å². The number of hydrogen-bond acceptors (Lipinski definition) is 3. The van der Waals surface area contributed by atoms with Gasteiger partial charge in [-0.05, 0) is 43.8 Å². The molecule has 2 N–H and O–H groups in total. The van der Waals surface area contributed by atoms with E-state index in [1.165, 1.54) is 18.4 Å². The summed E-state index contributed by atoms with van der Waals surface area (Å²) in [5.74, 6) is 1.40. The minimum Gasteiger partial charge on any atom is -0.338 e. The van der Waals surface area contributed by atoms with Crippen molar-refractivity contribution in [3.05, 3.63) is 48.2 Å². The molecule has 2 aromatic rings. The first kappa shape index (κ1) is 17.5. The predicted octanol–water partition coefficient (Wildman–Crippen LogP) is 2.84. The second-order valence-electron chi connectivity index (χ2n) is 6.71. The van der Waals surface area contributed by atoms with Crippen LogP contribution in [0.3, 0.4) is 0 Å². The molecule has 0 atom stereocenters. The van der Waals surface area contributed by atoms with Gasteiger partial charge in [0.15, 0.2) is 0 Å². The molecule has 25 heavy (non-hydrogen) atoms. The highest BCUT2D eigenvalue weighted by Gasteiger charge is 2.19. The molecule has 0 bridgehead atoms. The first-order valence-corrected chi connectivity index (χ1v) is 9.00. The summed E-state index contributed by atoms with van der Waals surface area (Å²) < 4.78 is 1.64. The fourth-order valence-corrected chi connectivity index (χ4v) is 3.32. The van der Waals surface area contributed by atoms with Gasteiger partial charge in [-0.1, -0.05) is 30.3 Å². The fourth-order valence-electron chi connectivity index (χ4n) is 3.32. The first-order chi connectivity index (χ1) is 12.2. The van der Waals surface area contributed by atoms with Crippen LogP contribution in [0, 0.1) is 5.92 Å². The third-order valence-electron chi connectivity index (χ3n) is 4.86. The maximum absolute atomic E-state index is 11.9. The van der Waals surface area contributed by atoms with Gasteiger partial charge in [0.1, 0.15) is 5.82 Å². The molecule has 2 amide bonds. The summed E-state index contributed by atoms with van der Waals surface area (Å²) in [5.41, 5.74) is 1.38. The lowest BCUT2D eigenvalue weighted by molar-refractivity contribution is 0.172. The molecule has 6 heteroatoms. The van der Waals surface area contributed by atoms with Gasteiger partial charge < -0.3 is 5.32 Å². The van der Waals surface area contributed by atoms with Crippen LogP contribution in [0.5, 0.6) is 0 Å². The summed E-state index contributed by atoms with van der Waals surface area (Å²) in [6.45, 7) is 4.04. The standard InChI is InChI=1S/C19H27N5O/c1-23-18(8-12-21-23)22-19(25)20-11-7-16-9-13-24(14-10-16)15-17-5-3-2-4-6-17/h2-6,8,12,16H,7,9-11,13-15H2,1H3,(H2,20,22,25). The van der Waals surface area contributed by atoms with E-state index in [-0.39, 0.29) is 6.03 Å². The maximum Gasteiger partial charge on any atom is 0.320 e. The van der Waals surface area contributed by atoms with Gasteiger partial charge in [-0.2, -0.15) is 5.10 Å². The van der Waals surface area contributed by atoms with E-state index in [2.05, 4.69) is 51.0 Å². The Morgan fingerprint density at radius 1 is 1.20 bits per heavy atom. The van der Waals surface area contributed by atoms with Gasteiger partial charge in [0.25, 0.3) is 0 Å². The molecule has 6 nitrogen and oxygen atoms in total. The molecule has 0 unspecified atom stereocenters. The minimum absolute atomic E-state index is 0.162. The van der Waals surface area contributed by atoms with E-state index >= 15 is 0 Å². The highest BCUT2D eigenvalue weighted by atomic mass is 16.2. The lowest BCUT2D eigenvalue weighted by atomic mass is 9.93. The summed E-state index contributed by atoms with van der Waals surface area (Å²) in [6, 6.07) is 12.3. The Balaban J connectivity index is 1.31. The van der Waals surface area contributed by atoms with Gasteiger partial charge in [-0.3, -0.25) is 14.9 Å². The van der Waals surface area contributed by atoms with E-state index in [1.54, 1.807) is 24.0 Å². The highest BCUT2D eigenvalue weighted by molar-refractivity contribution is 5.88. The molecule has 0 spiro atoms. The van der Waals surface area contributed by atoms with Gasteiger partial charge in [0.2, 0.25) is 0 Å². The zero-order valence-electron chi connectivity index (χ0n) is 14.8. The Hall–Kier alpha value is -2.34. The number of aromatic nitrogens is 2. The summed E-state index contributed by atoms with van der Waals surface area (Å²) in [6.07, 6.45) is 5.12. The average Bonchev–Trinajstić information content (AvgIpc) is 3.02. The van der Waals surface area contributed by atoms with Gasteiger partial charge in [-0.15, -0.1) is 0 Å². The second-order valence-corrected chi connectivity index (χ2v) is 6.71. The number of piperidine rings is 1. The smallest absolute Gasteiger partial charge is 0.320 e. The van der Waals surface area contributed by atoms with Crippen LogP contribution in [-0.4, -0.2) is 40.3 Å². The molecule has 134 valence electrons. The molecule has 1 saturated heterocycles. The number of urea groups is 1. The van der Waals surface area contributed by atoms with Crippen molar-refractivity contribution >= 4 is 11.8 Å². The second kappa shape index (κ2) is 8.67. The summed E-state index contributed by atoms with van der Waals surface area (Å²) >= 11 is 0. The van der Waals surface area contributed by atoms with Crippen LogP contribution < -0.4 is 10.6 Å². The molecule has 3 rings (SSSR count). The number of nitrogens with zero attached hydrogens (tertiary/aromatic N) is 3. The van der Waals surface area contributed by atoms with Gasteiger partial charge in [-0.25, -0.2) is 4.79 Å². The van der Waals surface area contributed by atoms with Crippen LogP contribution >= 0.6 is 0 Å². The van der Waals surface area contributed by atoms with E-state index in [4.69, 9.17) is 0 Å². The number of rotatable bonds is 6. The molecule has 0 saturated carbocycles. The Labute approximate surface area is 149 Å². The van der Waals surface area contributed by atoms with Crippen molar-refractivity contribution < 1.29 is 4.79 Å². The Morgan fingerprint density at radius 2 is 1.96 bits per heavy atom. The Kier molecular flexibility index (Phi) is 6.06. The topological polar surface area (TPSA) is 62.2 Å². The first-order valence-electron chi connectivity index (χ1n) is 9.00. The number of nitrogens with one attached hydrogen (secondary N) is 2. The molecule has 1 aliphatic rings. The van der Waals surface area contributed by atoms with Crippen LogP contribution in [0.2, 0.25) is 0 Å². The summed E-state index contributed by atoms with van der Waals surface area (Å²) in [7, 11) is 1.80. The zero-order chi connectivity index (χ0) is 17.5. The largest absolute Gasteiger partial charge is 0.338 e. The van der Waals surface area contributed by atoms with E-state index in [9.17, 15) is 4.79 Å². The molecule has 1 aromatic carbocycles. The van der Waals surface area contributed by atoms with Crippen molar-refractivity contribution in [3.63, 3.8) is 0 Å². The molecule has 0 radical (unpaired) electrons. The monoisotopic (exact) mass is 341 g/mol. The van der Waals surface area contributed by atoms with Crippen molar-refractivity contribution in [1.29, 1.82) is 0 Å². The highest BCUT2D eigenvalue weighted by Crippen LogP contribution is 2.21. The number of likely N-dealkylation sites (tertiary alicyclic amines) is 1. The van der Waals surface area contributed by atoms with Crippen LogP contribution in [0.25, 0.3) is 0 Å². The minimum atomic E-state index is -0.162. The molecule has 1 aliphatic heterocycles. The SMILES string of the molecule is Cn1nccc1NC(=O)NCCC1CCN(Cc2ccccc2)CC1. The average molecular weight is 341 g/mol. The lowest BCUT2D eigenvalue weighted by Gasteiger charge is -2.32. The number of carbonyl (C=O) groups excluding carboxylic acids is 1. The van der Waals surface area contributed by atoms with Crippen LogP contribution in [0.1, 0.15) is 24.8 Å². The molecule has 0 aliphatic carbocycles. The molecular formula is C19H27N5O. The fraction of sp³-hybridized carbons (Fsp3) is 0.474. The predicted molar refractivity (Wildman–Crippen MR) is 99.3 cm³/mol. The van der Waals surface area contributed by atoms with Crippen molar-refractivity contribution in [2.45, 2.75) is 25.8 Å². The molecular weight excluding hydrogens is 314 g/mol. The Morgan fingerprint density at radius 3 is 2.64 bits per heavy atom. The van der Waals surface area contributed by atoms with Gasteiger partial charge >= 0.3 is 6.03 Å². The van der Waals surface area contributed by atoms with Crippen molar-refractivity contribution in [2.24, 2.45) is 13.0 Å². The lowest BCUT2D eigenvalue weighted by Crippen LogP contribution is -2.35. The molecule has 2 heterocycles. The van der Waals surface area contributed by atoms with E-state index in [0.29, 0.717) is 18.3 Å². The third kappa shape index (κ3) is 5.32. The van der Waals surface area contributed by atoms with Gasteiger partial charge in [0.05, 0.1) is 6.20 Å². The normalized spacial score (nSPS) is 15.9. The molecule has 1 fully saturated rings. The number of aryl methyl sites for hydroxylation is 1. The summed E-state index contributed by atoms with van der Waals surface area (Å²) in [5, 5.41) is 9.78. The van der Waals surface area contributed by atoms with Gasteiger partial charge in [0, 0.05) is 26.2 Å². The molecule has 1 aromatic heterocycles. The number of carbonyl (C=O) groups is 1. The number of benzene rings is 1. The van der Waals surface area contributed by atoms with E-state index in [1.807, 2.05) is 0 Å². The van der Waals surface area contributed by atoms with Crippen molar-refractivity contribution in [2.75, 3.05) is 25.0 Å². The number of hydrogen-bond donors (Lipinski definition) is 2. The zero-order valence-corrected chi connectivity index (χ0v) is 14.8. The third-order valence-corrected chi connectivity index (χ3v) is 4.86. The van der Waals surface area contributed by atoms with Crippen molar-refractivity contribution in [1.82, 2.24) is 20.0 Å². The number of amides is 2. The summed E-state index contributed by atoms with van der Waals surface area (Å²) in [4.78, 5) is 14.4. The van der Waals surface area contributed by atoms with E-state index in [0.717, 1.165) is 26.1 Å². The quantitative estimate of drug-likeness (QED) is 0.849. The number of anilines is 1.